The van der Waals surface area contributed by atoms with Gasteiger partial charge >= 0.3 is 11.9 Å². The molecule has 1 saturated heterocycles. The Labute approximate surface area is 235 Å². The summed E-state index contributed by atoms with van der Waals surface area (Å²) in [6.45, 7) is 7.80. The predicted octanol–water partition coefficient (Wildman–Crippen LogP) is 6.25. The van der Waals surface area contributed by atoms with Crippen molar-refractivity contribution in [2.24, 2.45) is 0 Å². The van der Waals surface area contributed by atoms with Crippen LogP contribution in [0.3, 0.4) is 0 Å². The number of Topliss-reactive ketones (excluding diaryl/α,β-unsaturated/α-hetero) is 1. The smallest absolute Gasteiger partial charge is 0.350 e. The topological polar surface area (TPSA) is 106 Å². The van der Waals surface area contributed by atoms with E-state index < -0.39 is 23.7 Å². The van der Waals surface area contributed by atoms with Gasteiger partial charge < -0.3 is 14.6 Å². The number of aryl methyl sites for hydroxylation is 1. The van der Waals surface area contributed by atoms with E-state index in [2.05, 4.69) is 18.5 Å². The van der Waals surface area contributed by atoms with Crippen LogP contribution in [0.4, 0.5) is 5.13 Å². The van der Waals surface area contributed by atoms with Gasteiger partial charge in [-0.05, 0) is 55.3 Å². The summed E-state index contributed by atoms with van der Waals surface area (Å²) in [7, 11) is 0. The first-order valence-electron chi connectivity index (χ1n) is 12.3. The number of benzene rings is 2. The summed E-state index contributed by atoms with van der Waals surface area (Å²) in [5.41, 5.74) is 1.12. The molecule has 2 aromatic carbocycles. The molecule has 3 aromatic rings. The van der Waals surface area contributed by atoms with Crippen molar-refractivity contribution in [1.29, 1.82) is 0 Å². The maximum absolute atomic E-state index is 13.4. The second-order valence-electron chi connectivity index (χ2n) is 8.75. The minimum atomic E-state index is -1.01. The summed E-state index contributed by atoms with van der Waals surface area (Å²) in [5, 5.41) is 11.9. The zero-order valence-electron chi connectivity index (χ0n) is 21.5. The van der Waals surface area contributed by atoms with Crippen molar-refractivity contribution >= 4 is 51.5 Å². The number of ketones is 1. The van der Waals surface area contributed by atoms with E-state index in [4.69, 9.17) is 21.1 Å². The van der Waals surface area contributed by atoms with Crippen molar-refractivity contribution in [3.63, 3.8) is 0 Å². The van der Waals surface area contributed by atoms with Crippen molar-refractivity contribution in [2.75, 3.05) is 18.1 Å². The Balaban J connectivity index is 1.79. The van der Waals surface area contributed by atoms with E-state index in [-0.39, 0.29) is 27.9 Å². The molecule has 1 aliphatic heterocycles. The van der Waals surface area contributed by atoms with Crippen LogP contribution < -0.4 is 9.64 Å². The molecule has 1 aromatic heterocycles. The number of esters is 1. The lowest BCUT2D eigenvalue weighted by Crippen LogP contribution is -2.29. The van der Waals surface area contributed by atoms with Crippen molar-refractivity contribution in [2.45, 2.75) is 32.7 Å². The van der Waals surface area contributed by atoms with Gasteiger partial charge in [0.25, 0.3) is 5.78 Å². The fourth-order valence-corrected chi connectivity index (χ4v) is 5.18. The molecule has 0 radical (unpaired) electrons. The number of carbonyl (C=O) groups excluding carboxylic acids is 3. The standard InChI is InChI=1S/C29H27ClN2O6S/c1-4-6-16-37-21-13-9-19(10-14-21)24(33)22-23(18-7-11-20(30)12-8-18)32(27(35)25(22)34)29-31-17(3)26(39-29)28(36)38-15-5-2/h5,7-14,23,33H,2,4,6,15-16H2,1,3H3/t23-/m0/s1. The largest absolute Gasteiger partial charge is 0.507 e. The number of carbonyl (C=O) groups is 3. The molecule has 2 heterocycles. The molecule has 1 fully saturated rings. The van der Waals surface area contributed by atoms with Gasteiger partial charge in [-0.15, -0.1) is 0 Å². The number of rotatable bonds is 10. The normalized spacial score (nSPS) is 16.4. The van der Waals surface area contributed by atoms with Crippen LogP contribution in [-0.4, -0.2) is 41.0 Å². The van der Waals surface area contributed by atoms with Crippen molar-refractivity contribution in [3.8, 4) is 5.75 Å². The zero-order valence-corrected chi connectivity index (χ0v) is 23.1. The molecule has 1 aliphatic rings. The highest BCUT2D eigenvalue weighted by Gasteiger charge is 2.48. The van der Waals surface area contributed by atoms with Crippen LogP contribution in [0.2, 0.25) is 5.02 Å². The third-order valence-corrected chi connectivity index (χ3v) is 7.42. The highest BCUT2D eigenvalue weighted by molar-refractivity contribution is 7.17. The first kappa shape index (κ1) is 28.1. The number of ether oxygens (including phenoxy) is 2. The maximum Gasteiger partial charge on any atom is 0.350 e. The Morgan fingerprint density at radius 3 is 2.51 bits per heavy atom. The Kier molecular flexibility index (Phi) is 8.83. The molecule has 4 rings (SSSR count). The van der Waals surface area contributed by atoms with Gasteiger partial charge in [0.05, 0.1) is 23.9 Å². The molecule has 10 heteroatoms. The van der Waals surface area contributed by atoms with Gasteiger partial charge in [-0.1, -0.05) is 61.1 Å². The Morgan fingerprint density at radius 2 is 1.87 bits per heavy atom. The highest BCUT2D eigenvalue weighted by atomic mass is 35.5. The number of anilines is 1. The Morgan fingerprint density at radius 1 is 1.18 bits per heavy atom. The lowest BCUT2D eigenvalue weighted by molar-refractivity contribution is -0.132. The predicted molar refractivity (Wildman–Crippen MR) is 150 cm³/mol. The van der Waals surface area contributed by atoms with Crippen LogP contribution in [0.5, 0.6) is 5.75 Å². The van der Waals surface area contributed by atoms with Crippen LogP contribution in [0.25, 0.3) is 5.76 Å². The highest BCUT2D eigenvalue weighted by Crippen LogP contribution is 2.44. The number of hydrogen-bond donors (Lipinski definition) is 1. The lowest BCUT2D eigenvalue weighted by Gasteiger charge is -2.23. The number of thiazole rings is 1. The fraction of sp³-hybridized carbons (Fsp3) is 0.241. The summed E-state index contributed by atoms with van der Waals surface area (Å²) in [5.74, 6) is -2.08. The number of hydrogen-bond acceptors (Lipinski definition) is 8. The molecule has 0 saturated carbocycles. The van der Waals surface area contributed by atoms with E-state index in [9.17, 15) is 19.5 Å². The Bertz CT molecular complexity index is 1430. The van der Waals surface area contributed by atoms with E-state index in [0.29, 0.717) is 34.2 Å². The minimum Gasteiger partial charge on any atom is -0.507 e. The van der Waals surface area contributed by atoms with E-state index >= 15 is 0 Å². The van der Waals surface area contributed by atoms with Crippen LogP contribution in [-0.2, 0) is 14.3 Å². The summed E-state index contributed by atoms with van der Waals surface area (Å²) in [6.07, 6.45) is 3.36. The summed E-state index contributed by atoms with van der Waals surface area (Å²) >= 11 is 7.02. The number of amides is 1. The van der Waals surface area contributed by atoms with Crippen molar-refractivity contribution < 1.29 is 29.0 Å². The average Bonchev–Trinajstić information content (AvgIpc) is 3.44. The number of nitrogens with zero attached hydrogens (tertiary/aromatic N) is 2. The molecule has 0 bridgehead atoms. The summed E-state index contributed by atoms with van der Waals surface area (Å²) in [6, 6.07) is 12.2. The Hall–Kier alpha value is -3.95. The second-order valence-corrected chi connectivity index (χ2v) is 10.2. The van der Waals surface area contributed by atoms with E-state index in [1.54, 1.807) is 55.5 Å². The molecule has 8 nitrogen and oxygen atoms in total. The molecule has 202 valence electrons. The van der Waals surface area contributed by atoms with Crippen molar-refractivity contribution in [3.05, 3.63) is 93.5 Å². The van der Waals surface area contributed by atoms with Crippen LogP contribution in [0, 0.1) is 6.92 Å². The quantitative estimate of drug-likeness (QED) is 0.0771. The molecular weight excluding hydrogens is 540 g/mol. The van der Waals surface area contributed by atoms with Gasteiger partial charge in [0, 0.05) is 10.6 Å². The third-order valence-electron chi connectivity index (χ3n) is 6.03. The van der Waals surface area contributed by atoms with Gasteiger partial charge in [-0.3, -0.25) is 14.5 Å². The number of aliphatic hydroxyl groups excluding tert-OH is 1. The maximum atomic E-state index is 13.4. The number of unbranched alkanes of at least 4 members (excludes halogenated alkanes) is 1. The second kappa shape index (κ2) is 12.3. The first-order valence-corrected chi connectivity index (χ1v) is 13.5. The van der Waals surface area contributed by atoms with Gasteiger partial charge in [0.1, 0.15) is 23.0 Å². The van der Waals surface area contributed by atoms with Gasteiger partial charge in [-0.2, -0.15) is 0 Å². The fourth-order valence-electron chi connectivity index (χ4n) is 4.06. The molecule has 0 aliphatic carbocycles. The number of aliphatic hydroxyl groups is 1. The minimum absolute atomic E-state index is 0.0171. The molecule has 0 spiro atoms. The first-order chi connectivity index (χ1) is 18.8. The van der Waals surface area contributed by atoms with E-state index in [1.165, 1.54) is 11.0 Å². The van der Waals surface area contributed by atoms with Gasteiger partial charge in [0.15, 0.2) is 5.13 Å². The van der Waals surface area contributed by atoms with Crippen LogP contribution >= 0.6 is 22.9 Å². The van der Waals surface area contributed by atoms with E-state index in [0.717, 1.165) is 24.2 Å². The average molecular weight is 567 g/mol. The molecule has 0 unspecified atom stereocenters. The zero-order chi connectivity index (χ0) is 28.1. The molecular formula is C29H27ClN2O6S. The van der Waals surface area contributed by atoms with Gasteiger partial charge in [0.2, 0.25) is 0 Å². The molecule has 39 heavy (non-hydrogen) atoms. The summed E-state index contributed by atoms with van der Waals surface area (Å²) in [4.78, 5) is 45.1. The van der Waals surface area contributed by atoms with Crippen molar-refractivity contribution in [1.82, 2.24) is 4.98 Å². The van der Waals surface area contributed by atoms with E-state index in [1.807, 2.05) is 0 Å². The molecule has 1 atom stereocenters. The lowest BCUT2D eigenvalue weighted by atomic mass is 9.95. The summed E-state index contributed by atoms with van der Waals surface area (Å²) < 4.78 is 10.8. The number of halogens is 1. The third kappa shape index (κ3) is 5.89. The monoisotopic (exact) mass is 566 g/mol. The van der Waals surface area contributed by atoms with Gasteiger partial charge in [-0.25, -0.2) is 9.78 Å². The van der Waals surface area contributed by atoms with Crippen LogP contribution in [0.1, 0.15) is 52.3 Å². The molecule has 1 N–H and O–H groups in total. The van der Waals surface area contributed by atoms with Crippen LogP contribution in [0.15, 0.2) is 66.8 Å². The molecule has 1 amide bonds. The SMILES string of the molecule is C=CCOC(=O)c1sc(N2C(=O)C(=O)C(=C(O)c3ccc(OCCCC)cc3)[C@@H]2c2ccc(Cl)cc2)nc1C. The number of aromatic nitrogens is 1.